The van der Waals surface area contributed by atoms with E-state index in [2.05, 4.69) is 11.9 Å². The third-order valence-electron chi connectivity index (χ3n) is 2.60. The van der Waals surface area contributed by atoms with Crippen molar-refractivity contribution in [1.82, 2.24) is 0 Å². The first-order valence-corrected chi connectivity index (χ1v) is 5.46. The van der Waals surface area contributed by atoms with Gasteiger partial charge in [0.2, 0.25) is 6.54 Å². The van der Waals surface area contributed by atoms with Gasteiger partial charge >= 0.3 is 0 Å². The summed E-state index contributed by atoms with van der Waals surface area (Å²) in [6.07, 6.45) is 3.44. The standard InChI is InChI=1S/C10H18N2O3/c1-3-9-10(15-8(2)11-9)6-4-5-7-12(13)14/h9-10H,3-7H2,1-2H3. The smallest absolute Gasteiger partial charge is 0.203 e. The second kappa shape index (κ2) is 5.68. The fourth-order valence-electron chi connectivity index (χ4n) is 1.84. The van der Waals surface area contributed by atoms with Crippen LogP contribution in [0, 0.1) is 10.1 Å². The zero-order chi connectivity index (χ0) is 11.3. The van der Waals surface area contributed by atoms with Crippen LogP contribution in [0.1, 0.15) is 39.5 Å². The Kier molecular flexibility index (Phi) is 4.52. The molecule has 0 aromatic carbocycles. The van der Waals surface area contributed by atoms with Crippen LogP contribution in [-0.4, -0.2) is 29.5 Å². The van der Waals surface area contributed by atoms with Gasteiger partial charge in [0.15, 0.2) is 5.90 Å². The van der Waals surface area contributed by atoms with E-state index in [9.17, 15) is 10.1 Å². The van der Waals surface area contributed by atoms with Crippen molar-refractivity contribution >= 4 is 5.90 Å². The van der Waals surface area contributed by atoms with Gasteiger partial charge in [0.25, 0.3) is 0 Å². The van der Waals surface area contributed by atoms with Crippen molar-refractivity contribution < 1.29 is 9.66 Å². The van der Waals surface area contributed by atoms with Gasteiger partial charge in [-0.1, -0.05) is 6.92 Å². The molecule has 5 heteroatoms. The zero-order valence-corrected chi connectivity index (χ0v) is 9.31. The molecule has 1 aliphatic heterocycles. The fourth-order valence-corrected chi connectivity index (χ4v) is 1.84. The zero-order valence-electron chi connectivity index (χ0n) is 9.31. The van der Waals surface area contributed by atoms with E-state index in [1.54, 1.807) is 0 Å². The Balaban J connectivity index is 2.19. The number of unbranched alkanes of at least 4 members (excludes halogenated alkanes) is 1. The summed E-state index contributed by atoms with van der Waals surface area (Å²) < 4.78 is 5.55. The highest BCUT2D eigenvalue weighted by atomic mass is 16.6. The Labute approximate surface area is 89.7 Å². The largest absolute Gasteiger partial charge is 0.476 e. The van der Waals surface area contributed by atoms with Crippen LogP contribution in [-0.2, 0) is 4.74 Å². The van der Waals surface area contributed by atoms with Crippen LogP contribution in [0.4, 0.5) is 0 Å². The van der Waals surface area contributed by atoms with Crippen molar-refractivity contribution in [3.8, 4) is 0 Å². The van der Waals surface area contributed by atoms with E-state index in [1.165, 1.54) is 0 Å². The van der Waals surface area contributed by atoms with E-state index in [1.807, 2.05) is 6.92 Å². The third-order valence-corrected chi connectivity index (χ3v) is 2.60. The summed E-state index contributed by atoms with van der Waals surface area (Å²) in [5, 5.41) is 10.1. The molecule has 86 valence electrons. The lowest BCUT2D eigenvalue weighted by Gasteiger charge is -2.15. The average Bonchev–Trinajstić information content (AvgIpc) is 2.53. The highest BCUT2D eigenvalue weighted by Gasteiger charge is 2.26. The third kappa shape index (κ3) is 3.85. The predicted molar refractivity (Wildman–Crippen MR) is 57.8 cm³/mol. The lowest BCUT2D eigenvalue weighted by molar-refractivity contribution is -0.480. The Hall–Kier alpha value is -1.13. The first-order valence-electron chi connectivity index (χ1n) is 5.46. The number of ether oxygens (including phenoxy) is 1. The number of nitro groups is 1. The SMILES string of the molecule is CCC1N=C(C)OC1CCCC[N+](=O)[O-]. The van der Waals surface area contributed by atoms with Crippen LogP contribution in [0.25, 0.3) is 0 Å². The fraction of sp³-hybridized carbons (Fsp3) is 0.900. The molecular formula is C10H18N2O3. The van der Waals surface area contributed by atoms with Crippen LogP contribution in [0.5, 0.6) is 0 Å². The summed E-state index contributed by atoms with van der Waals surface area (Å²) in [4.78, 5) is 14.2. The van der Waals surface area contributed by atoms with Crippen LogP contribution in [0.2, 0.25) is 0 Å². The molecule has 0 saturated heterocycles. The van der Waals surface area contributed by atoms with Crippen LogP contribution >= 0.6 is 0 Å². The first-order chi connectivity index (χ1) is 7.13. The second-order valence-corrected chi connectivity index (χ2v) is 3.83. The molecule has 0 spiro atoms. The molecule has 1 rings (SSSR count). The lowest BCUT2D eigenvalue weighted by atomic mass is 10.0. The minimum Gasteiger partial charge on any atom is -0.476 e. The van der Waals surface area contributed by atoms with Gasteiger partial charge in [-0.15, -0.1) is 0 Å². The summed E-state index contributed by atoms with van der Waals surface area (Å²) in [6, 6.07) is 0.251. The molecule has 0 aromatic rings. The van der Waals surface area contributed by atoms with Gasteiger partial charge in [-0.25, -0.2) is 4.99 Å². The quantitative estimate of drug-likeness (QED) is 0.386. The molecule has 0 fully saturated rings. The van der Waals surface area contributed by atoms with E-state index in [4.69, 9.17) is 4.74 Å². The van der Waals surface area contributed by atoms with Crippen molar-refractivity contribution in [2.24, 2.45) is 4.99 Å². The summed E-state index contributed by atoms with van der Waals surface area (Å²) in [6.45, 7) is 4.00. The van der Waals surface area contributed by atoms with Gasteiger partial charge in [-0.3, -0.25) is 10.1 Å². The summed E-state index contributed by atoms with van der Waals surface area (Å²) in [5.41, 5.74) is 0. The normalized spacial score (nSPS) is 24.8. The number of nitrogens with zero attached hydrogens (tertiary/aromatic N) is 2. The van der Waals surface area contributed by atoms with E-state index in [-0.39, 0.29) is 23.6 Å². The van der Waals surface area contributed by atoms with Crippen molar-refractivity contribution in [2.45, 2.75) is 51.7 Å². The Morgan fingerprint density at radius 2 is 2.27 bits per heavy atom. The number of rotatable bonds is 6. The van der Waals surface area contributed by atoms with Crippen molar-refractivity contribution in [2.75, 3.05) is 6.54 Å². The van der Waals surface area contributed by atoms with Crippen LogP contribution in [0.15, 0.2) is 4.99 Å². The summed E-state index contributed by atoms with van der Waals surface area (Å²) in [5.74, 6) is 0.751. The van der Waals surface area contributed by atoms with E-state index in [0.29, 0.717) is 6.42 Å². The maximum absolute atomic E-state index is 10.1. The average molecular weight is 214 g/mol. The number of hydrogen-bond acceptors (Lipinski definition) is 4. The number of aliphatic imine (C=N–C) groups is 1. The highest BCUT2D eigenvalue weighted by Crippen LogP contribution is 2.21. The van der Waals surface area contributed by atoms with E-state index >= 15 is 0 Å². The van der Waals surface area contributed by atoms with Gasteiger partial charge in [0, 0.05) is 18.3 Å². The molecule has 1 aliphatic rings. The molecule has 0 N–H and O–H groups in total. The molecule has 5 nitrogen and oxygen atoms in total. The Morgan fingerprint density at radius 1 is 1.53 bits per heavy atom. The van der Waals surface area contributed by atoms with Gasteiger partial charge in [0.05, 0.1) is 6.04 Å². The molecule has 0 aliphatic carbocycles. The van der Waals surface area contributed by atoms with Gasteiger partial charge in [0.1, 0.15) is 6.10 Å². The first kappa shape index (κ1) is 11.9. The van der Waals surface area contributed by atoms with Gasteiger partial charge < -0.3 is 4.74 Å². The highest BCUT2D eigenvalue weighted by molar-refractivity contribution is 5.75. The lowest BCUT2D eigenvalue weighted by Crippen LogP contribution is -2.21. The van der Waals surface area contributed by atoms with Crippen molar-refractivity contribution in [1.29, 1.82) is 0 Å². The molecule has 0 bridgehead atoms. The minimum absolute atomic E-state index is 0.0589. The van der Waals surface area contributed by atoms with Gasteiger partial charge in [-0.05, 0) is 19.3 Å². The van der Waals surface area contributed by atoms with Crippen molar-refractivity contribution in [3.63, 3.8) is 0 Å². The molecule has 15 heavy (non-hydrogen) atoms. The summed E-state index contributed by atoms with van der Waals surface area (Å²) >= 11 is 0. The number of hydrogen-bond donors (Lipinski definition) is 0. The van der Waals surface area contributed by atoms with Crippen LogP contribution < -0.4 is 0 Å². The molecule has 0 radical (unpaired) electrons. The monoisotopic (exact) mass is 214 g/mol. The Morgan fingerprint density at radius 3 is 2.87 bits per heavy atom. The van der Waals surface area contributed by atoms with E-state index < -0.39 is 0 Å². The summed E-state index contributed by atoms with van der Waals surface area (Å²) in [7, 11) is 0. The molecule has 0 aromatic heterocycles. The molecule has 1 heterocycles. The predicted octanol–water partition coefficient (Wildman–Crippen LogP) is 2.03. The Bertz CT molecular complexity index is 253. The van der Waals surface area contributed by atoms with E-state index in [0.717, 1.165) is 25.2 Å². The van der Waals surface area contributed by atoms with Crippen LogP contribution in [0.3, 0.4) is 0 Å². The van der Waals surface area contributed by atoms with Gasteiger partial charge in [-0.2, -0.15) is 0 Å². The molecular weight excluding hydrogens is 196 g/mol. The maximum atomic E-state index is 10.1. The molecule has 2 atom stereocenters. The van der Waals surface area contributed by atoms with Crippen molar-refractivity contribution in [3.05, 3.63) is 10.1 Å². The second-order valence-electron chi connectivity index (χ2n) is 3.83. The molecule has 2 unspecified atom stereocenters. The molecule has 0 saturated carbocycles. The maximum Gasteiger partial charge on any atom is 0.203 e. The minimum atomic E-state index is -0.269. The topological polar surface area (TPSA) is 64.7 Å². The molecule has 0 amide bonds.